The molecule has 1 saturated carbocycles. The summed E-state index contributed by atoms with van der Waals surface area (Å²) in [6, 6.07) is 0. The van der Waals surface area contributed by atoms with Crippen LogP contribution < -0.4 is 0 Å². The van der Waals surface area contributed by atoms with Crippen molar-refractivity contribution in [3.8, 4) is 0 Å². The van der Waals surface area contributed by atoms with Gasteiger partial charge in [0.05, 0.1) is 0 Å². The summed E-state index contributed by atoms with van der Waals surface area (Å²) in [5, 5.41) is 0. The summed E-state index contributed by atoms with van der Waals surface area (Å²) in [5.74, 6) is -0.0955. The lowest BCUT2D eigenvalue weighted by Crippen LogP contribution is -2.25. The lowest BCUT2D eigenvalue weighted by Gasteiger charge is -2.14. The Kier molecular flexibility index (Phi) is 4.84. The van der Waals surface area contributed by atoms with Crippen LogP contribution in [0.4, 0.5) is 0 Å². The van der Waals surface area contributed by atoms with Crippen LogP contribution in [0.2, 0.25) is 0 Å². The Morgan fingerprint density at radius 3 is 2.28 bits per heavy atom. The molecule has 1 unspecified atom stereocenters. The molecule has 0 N–H and O–H groups in total. The molecule has 18 heavy (non-hydrogen) atoms. The fourth-order valence-electron chi connectivity index (χ4n) is 2.43. The third-order valence-electron chi connectivity index (χ3n) is 3.67. The molecular formula is C13H18Cl2O3. The molecular weight excluding hydrogens is 275 g/mol. The second-order valence-corrected chi connectivity index (χ2v) is 6.36. The van der Waals surface area contributed by atoms with Gasteiger partial charge in [0, 0.05) is 6.92 Å². The van der Waals surface area contributed by atoms with Crippen molar-refractivity contribution >= 4 is 35.0 Å². The zero-order valence-electron chi connectivity index (χ0n) is 11.0. The molecule has 1 rings (SSSR count). The highest BCUT2D eigenvalue weighted by Gasteiger charge is 2.57. The third-order valence-corrected chi connectivity index (χ3v) is 3.93. The number of halogens is 2. The van der Waals surface area contributed by atoms with Crippen LogP contribution in [-0.4, -0.2) is 17.9 Å². The average molecular weight is 293 g/mol. The van der Waals surface area contributed by atoms with Crippen molar-refractivity contribution in [2.24, 2.45) is 17.3 Å². The Hall–Kier alpha value is -0.540. The first kappa shape index (κ1) is 15.5. The van der Waals surface area contributed by atoms with Crippen LogP contribution in [0.15, 0.2) is 10.6 Å². The minimum atomic E-state index is -0.667. The maximum absolute atomic E-state index is 11.4. The van der Waals surface area contributed by atoms with Crippen LogP contribution in [-0.2, 0) is 14.3 Å². The van der Waals surface area contributed by atoms with E-state index in [2.05, 4.69) is 13.8 Å². The van der Waals surface area contributed by atoms with Gasteiger partial charge in [-0.1, -0.05) is 43.1 Å². The summed E-state index contributed by atoms with van der Waals surface area (Å²) in [4.78, 5) is 22.4. The second-order valence-electron chi connectivity index (χ2n) is 5.35. The Labute approximate surface area is 117 Å². The van der Waals surface area contributed by atoms with Crippen molar-refractivity contribution in [1.82, 2.24) is 0 Å². The predicted octanol–water partition coefficient (Wildman–Crippen LogP) is 3.49. The van der Waals surface area contributed by atoms with Gasteiger partial charge >= 0.3 is 5.97 Å². The molecule has 0 bridgehead atoms. The molecule has 0 spiro atoms. The highest BCUT2D eigenvalue weighted by atomic mass is 35.5. The largest absolute Gasteiger partial charge is 0.455 e. The van der Waals surface area contributed by atoms with E-state index in [0.29, 0.717) is 6.42 Å². The fraction of sp³-hybridized carbons (Fsp3) is 0.692. The van der Waals surface area contributed by atoms with Crippen LogP contribution in [0.5, 0.6) is 0 Å². The number of ketones is 1. The third kappa shape index (κ3) is 3.72. The summed E-state index contributed by atoms with van der Waals surface area (Å²) >= 11 is 11.3. The van der Waals surface area contributed by atoms with E-state index >= 15 is 0 Å². The summed E-state index contributed by atoms with van der Waals surface area (Å²) in [5.41, 5.74) is 0.0306. The van der Waals surface area contributed by atoms with Crippen molar-refractivity contribution in [3.05, 3.63) is 10.6 Å². The highest BCUT2D eigenvalue weighted by Crippen LogP contribution is 2.61. The molecule has 1 aliphatic rings. The van der Waals surface area contributed by atoms with Gasteiger partial charge in [0.1, 0.15) is 4.49 Å². The molecule has 3 nitrogen and oxygen atoms in total. The van der Waals surface area contributed by atoms with Crippen molar-refractivity contribution in [3.63, 3.8) is 0 Å². The van der Waals surface area contributed by atoms with E-state index in [-0.39, 0.29) is 27.5 Å². The number of carbonyl (C=O) groups excluding carboxylic acids is 2. The molecule has 0 amide bonds. The average Bonchev–Trinajstić information content (AvgIpc) is 2.66. The Balaban J connectivity index is 2.69. The van der Waals surface area contributed by atoms with Gasteiger partial charge in [-0.2, -0.15) is 0 Å². The molecule has 0 aromatic rings. The molecule has 5 heteroatoms. The molecule has 0 heterocycles. The Morgan fingerprint density at radius 2 is 1.89 bits per heavy atom. The normalized spacial score (nSPS) is 26.1. The van der Waals surface area contributed by atoms with Crippen LogP contribution in [0.1, 0.15) is 34.1 Å². The zero-order valence-corrected chi connectivity index (χ0v) is 12.5. The molecule has 102 valence electrons. The van der Waals surface area contributed by atoms with Crippen molar-refractivity contribution in [2.45, 2.75) is 40.2 Å². The van der Waals surface area contributed by atoms with E-state index in [1.807, 2.05) is 0 Å². The smallest absolute Gasteiger partial charge is 0.303 e. The lowest BCUT2D eigenvalue weighted by molar-refractivity contribution is -0.153. The van der Waals surface area contributed by atoms with E-state index in [1.165, 1.54) is 13.8 Å². The Bertz CT molecular complexity index is 384. The van der Waals surface area contributed by atoms with Crippen LogP contribution in [0.3, 0.4) is 0 Å². The standard InChI is InChI=1S/C13H18Cl2O3/c1-7(16)11(18-8(2)17)5-9-10(6-12(14)15)13(9,3)4/h6,9-11H,5H2,1-4H3/t9-,10+,11?/m1/s1. The van der Waals surface area contributed by atoms with Gasteiger partial charge in [0.2, 0.25) is 0 Å². The summed E-state index contributed by atoms with van der Waals surface area (Å²) in [7, 11) is 0. The quantitative estimate of drug-likeness (QED) is 0.729. The Morgan fingerprint density at radius 1 is 1.33 bits per heavy atom. The highest BCUT2D eigenvalue weighted by molar-refractivity contribution is 6.55. The molecule has 0 radical (unpaired) electrons. The van der Waals surface area contributed by atoms with Crippen LogP contribution >= 0.6 is 23.2 Å². The van der Waals surface area contributed by atoms with E-state index < -0.39 is 12.1 Å². The van der Waals surface area contributed by atoms with E-state index in [1.54, 1.807) is 6.08 Å². The van der Waals surface area contributed by atoms with Gasteiger partial charge < -0.3 is 4.74 Å². The maximum Gasteiger partial charge on any atom is 0.303 e. The predicted molar refractivity (Wildman–Crippen MR) is 71.4 cm³/mol. The van der Waals surface area contributed by atoms with Crippen molar-refractivity contribution < 1.29 is 14.3 Å². The minimum absolute atomic E-state index is 0.0306. The monoisotopic (exact) mass is 292 g/mol. The molecule has 0 aliphatic heterocycles. The molecule has 1 fully saturated rings. The number of ether oxygens (including phenoxy) is 1. The van der Waals surface area contributed by atoms with Gasteiger partial charge in [-0.3, -0.25) is 9.59 Å². The van der Waals surface area contributed by atoms with Crippen LogP contribution in [0.25, 0.3) is 0 Å². The van der Waals surface area contributed by atoms with Gasteiger partial charge in [-0.15, -0.1) is 0 Å². The number of allylic oxidation sites excluding steroid dienone is 1. The first-order valence-corrected chi connectivity index (χ1v) is 6.62. The SMILES string of the molecule is CC(=O)OC(C[C@@H]1[C@H](C=C(Cl)Cl)C1(C)C)C(C)=O. The number of carbonyl (C=O) groups is 2. The lowest BCUT2D eigenvalue weighted by atomic mass is 10.0. The van der Waals surface area contributed by atoms with Crippen LogP contribution in [0, 0.1) is 17.3 Å². The summed E-state index contributed by atoms with van der Waals surface area (Å²) in [6.07, 6.45) is 1.64. The fourth-order valence-corrected chi connectivity index (χ4v) is 2.70. The molecule has 0 saturated heterocycles. The maximum atomic E-state index is 11.4. The van der Waals surface area contributed by atoms with Crippen molar-refractivity contribution in [1.29, 1.82) is 0 Å². The van der Waals surface area contributed by atoms with Gasteiger partial charge in [0.15, 0.2) is 11.9 Å². The number of hydrogen-bond donors (Lipinski definition) is 0. The van der Waals surface area contributed by atoms with Gasteiger partial charge in [-0.25, -0.2) is 0 Å². The second kappa shape index (κ2) is 5.62. The number of rotatable bonds is 5. The van der Waals surface area contributed by atoms with E-state index in [0.717, 1.165) is 0 Å². The minimum Gasteiger partial charge on any atom is -0.455 e. The van der Waals surface area contributed by atoms with E-state index in [4.69, 9.17) is 27.9 Å². The molecule has 0 aromatic heterocycles. The first-order chi connectivity index (χ1) is 8.16. The number of Topliss-reactive ketones (excluding diaryl/α,β-unsaturated/α-hetero) is 1. The summed E-state index contributed by atoms with van der Waals surface area (Å²) < 4.78 is 5.27. The number of hydrogen-bond acceptors (Lipinski definition) is 3. The van der Waals surface area contributed by atoms with E-state index in [9.17, 15) is 9.59 Å². The molecule has 1 aliphatic carbocycles. The summed E-state index contributed by atoms with van der Waals surface area (Å²) in [6.45, 7) is 6.91. The molecule has 0 aromatic carbocycles. The topological polar surface area (TPSA) is 43.4 Å². The van der Waals surface area contributed by atoms with Gasteiger partial charge in [-0.05, 0) is 30.6 Å². The zero-order chi connectivity index (χ0) is 14.1. The first-order valence-electron chi connectivity index (χ1n) is 5.86. The number of esters is 1. The van der Waals surface area contributed by atoms with Gasteiger partial charge in [0.25, 0.3) is 0 Å². The van der Waals surface area contributed by atoms with Crippen molar-refractivity contribution in [2.75, 3.05) is 0 Å². The molecule has 3 atom stereocenters.